The maximum absolute atomic E-state index is 13.3. The largest absolute Gasteiger partial charge is 0.352 e. The monoisotopic (exact) mass is 363 g/mol. The summed E-state index contributed by atoms with van der Waals surface area (Å²) in [6, 6.07) is 13.5. The molecule has 136 valence electrons. The van der Waals surface area contributed by atoms with Crippen LogP contribution in [0.4, 0.5) is 10.2 Å². The van der Waals surface area contributed by atoms with Crippen molar-refractivity contribution in [1.29, 1.82) is 0 Å². The molecule has 0 saturated carbocycles. The van der Waals surface area contributed by atoms with Crippen LogP contribution in [-0.2, 0) is 0 Å². The van der Waals surface area contributed by atoms with Gasteiger partial charge in [0, 0.05) is 49.7 Å². The number of hydrogen-bond acceptors (Lipinski definition) is 5. The molecule has 1 aliphatic heterocycles. The van der Waals surface area contributed by atoms with Gasteiger partial charge in [0.15, 0.2) is 5.82 Å². The lowest BCUT2D eigenvalue weighted by molar-refractivity contribution is 0.0746. The molecule has 6 nitrogen and oxygen atoms in total. The first-order valence-corrected chi connectivity index (χ1v) is 8.74. The van der Waals surface area contributed by atoms with Crippen molar-refractivity contribution in [2.24, 2.45) is 0 Å². The summed E-state index contributed by atoms with van der Waals surface area (Å²) in [5.74, 6) is 0.233. The number of hydrogen-bond donors (Lipinski definition) is 0. The molecule has 0 radical (unpaired) electrons. The van der Waals surface area contributed by atoms with Crippen molar-refractivity contribution < 1.29 is 9.18 Å². The zero-order valence-electron chi connectivity index (χ0n) is 14.6. The van der Waals surface area contributed by atoms with Crippen molar-refractivity contribution in [2.75, 3.05) is 31.1 Å². The minimum atomic E-state index is -0.400. The fourth-order valence-corrected chi connectivity index (χ4v) is 3.10. The van der Waals surface area contributed by atoms with E-state index in [1.54, 1.807) is 29.4 Å². The quantitative estimate of drug-likeness (QED) is 0.716. The predicted octanol–water partition coefficient (Wildman–Crippen LogP) is 2.64. The number of rotatable bonds is 3. The van der Waals surface area contributed by atoms with E-state index < -0.39 is 5.82 Å². The lowest BCUT2D eigenvalue weighted by Gasteiger charge is -2.35. The van der Waals surface area contributed by atoms with Crippen LogP contribution in [0.2, 0.25) is 0 Å². The average molecular weight is 363 g/mol. The van der Waals surface area contributed by atoms with E-state index in [2.05, 4.69) is 20.1 Å². The zero-order valence-corrected chi connectivity index (χ0v) is 14.6. The number of pyridine rings is 1. The second kappa shape index (κ2) is 7.49. The van der Waals surface area contributed by atoms with Gasteiger partial charge in [0.25, 0.3) is 5.91 Å². The Morgan fingerprint density at radius 2 is 1.81 bits per heavy atom. The maximum Gasteiger partial charge on any atom is 0.254 e. The number of nitrogens with zero attached hydrogens (tertiary/aromatic N) is 5. The highest BCUT2D eigenvalue weighted by Crippen LogP contribution is 2.19. The molecule has 4 rings (SSSR count). The normalized spacial score (nSPS) is 14.3. The molecule has 1 amide bonds. The van der Waals surface area contributed by atoms with E-state index in [1.807, 2.05) is 24.3 Å². The average Bonchev–Trinajstić information content (AvgIpc) is 2.74. The molecule has 0 spiro atoms. The smallest absolute Gasteiger partial charge is 0.254 e. The highest BCUT2D eigenvalue weighted by atomic mass is 19.1. The SMILES string of the molecule is O=C(c1cccc(F)c1)N1CCN(c2ccc(-c3cccnc3)nn2)CC1. The van der Waals surface area contributed by atoms with Gasteiger partial charge in [-0.25, -0.2) is 4.39 Å². The molecule has 27 heavy (non-hydrogen) atoms. The summed E-state index contributed by atoms with van der Waals surface area (Å²) in [6.45, 7) is 2.42. The number of amides is 1. The van der Waals surface area contributed by atoms with Crippen LogP contribution in [0, 0.1) is 5.82 Å². The molecule has 1 aliphatic rings. The minimum Gasteiger partial charge on any atom is -0.352 e. The van der Waals surface area contributed by atoms with E-state index in [-0.39, 0.29) is 5.91 Å². The van der Waals surface area contributed by atoms with Crippen LogP contribution in [0.1, 0.15) is 10.4 Å². The van der Waals surface area contributed by atoms with Gasteiger partial charge < -0.3 is 9.80 Å². The van der Waals surface area contributed by atoms with Crippen LogP contribution < -0.4 is 4.90 Å². The Morgan fingerprint density at radius 1 is 0.963 bits per heavy atom. The number of piperazine rings is 1. The van der Waals surface area contributed by atoms with Crippen LogP contribution in [0.3, 0.4) is 0 Å². The highest BCUT2D eigenvalue weighted by Gasteiger charge is 2.23. The molecule has 1 fully saturated rings. The first-order chi connectivity index (χ1) is 13.2. The van der Waals surface area contributed by atoms with Crippen LogP contribution in [0.15, 0.2) is 60.9 Å². The fraction of sp³-hybridized carbons (Fsp3) is 0.200. The van der Waals surface area contributed by atoms with Gasteiger partial charge in [0.2, 0.25) is 0 Å². The highest BCUT2D eigenvalue weighted by molar-refractivity contribution is 5.94. The first kappa shape index (κ1) is 17.1. The lowest BCUT2D eigenvalue weighted by atomic mass is 10.1. The summed E-state index contributed by atoms with van der Waals surface area (Å²) in [5.41, 5.74) is 2.07. The van der Waals surface area contributed by atoms with E-state index in [0.717, 1.165) is 17.1 Å². The standard InChI is InChI=1S/C20H18FN5O/c21-17-5-1-3-15(13-17)20(27)26-11-9-25(10-12-26)19-7-6-18(23-24-19)16-4-2-8-22-14-16/h1-8,13-14H,9-12H2. The Balaban J connectivity index is 1.40. The Bertz CT molecular complexity index is 925. The summed E-state index contributed by atoms with van der Waals surface area (Å²) in [7, 11) is 0. The minimum absolute atomic E-state index is 0.146. The topological polar surface area (TPSA) is 62.2 Å². The molecular weight excluding hydrogens is 345 g/mol. The van der Waals surface area contributed by atoms with E-state index >= 15 is 0 Å². The predicted molar refractivity (Wildman–Crippen MR) is 99.8 cm³/mol. The Morgan fingerprint density at radius 3 is 2.48 bits per heavy atom. The number of aromatic nitrogens is 3. The molecule has 7 heteroatoms. The van der Waals surface area contributed by atoms with Gasteiger partial charge in [-0.1, -0.05) is 6.07 Å². The van der Waals surface area contributed by atoms with Crippen LogP contribution >= 0.6 is 0 Å². The molecule has 3 heterocycles. The molecule has 3 aromatic rings. The van der Waals surface area contributed by atoms with Gasteiger partial charge in [-0.3, -0.25) is 9.78 Å². The molecular formula is C20H18FN5O. The zero-order chi connectivity index (χ0) is 18.6. The van der Waals surface area contributed by atoms with Crippen molar-refractivity contribution in [1.82, 2.24) is 20.1 Å². The third kappa shape index (κ3) is 3.76. The molecule has 0 bridgehead atoms. The van der Waals surface area contributed by atoms with Crippen molar-refractivity contribution in [2.45, 2.75) is 0 Å². The number of benzene rings is 1. The number of halogens is 1. The van der Waals surface area contributed by atoms with Gasteiger partial charge in [-0.2, -0.15) is 0 Å². The molecule has 0 unspecified atom stereocenters. The molecule has 1 saturated heterocycles. The van der Waals surface area contributed by atoms with Gasteiger partial charge in [0.05, 0.1) is 5.69 Å². The van der Waals surface area contributed by atoms with Crippen molar-refractivity contribution in [3.8, 4) is 11.3 Å². The summed E-state index contributed by atoms with van der Waals surface area (Å²) in [5, 5.41) is 8.60. The lowest BCUT2D eigenvalue weighted by Crippen LogP contribution is -2.49. The summed E-state index contributed by atoms with van der Waals surface area (Å²) in [4.78, 5) is 20.4. The van der Waals surface area contributed by atoms with Gasteiger partial charge >= 0.3 is 0 Å². The van der Waals surface area contributed by atoms with Gasteiger partial charge in [-0.15, -0.1) is 10.2 Å². The second-order valence-electron chi connectivity index (χ2n) is 6.31. The third-order valence-corrected chi connectivity index (χ3v) is 4.57. The Labute approximate surface area is 156 Å². The maximum atomic E-state index is 13.3. The van der Waals surface area contributed by atoms with E-state index in [9.17, 15) is 9.18 Å². The second-order valence-corrected chi connectivity index (χ2v) is 6.31. The number of carbonyl (C=O) groups excluding carboxylic acids is 1. The molecule has 0 atom stereocenters. The van der Waals surface area contributed by atoms with Crippen molar-refractivity contribution >= 4 is 11.7 Å². The van der Waals surface area contributed by atoms with Crippen LogP contribution in [-0.4, -0.2) is 52.2 Å². The van der Waals surface area contributed by atoms with Crippen molar-refractivity contribution in [3.05, 3.63) is 72.3 Å². The summed E-state index contributed by atoms with van der Waals surface area (Å²) in [6.07, 6.45) is 3.47. The van der Waals surface area contributed by atoms with Gasteiger partial charge in [0.1, 0.15) is 5.82 Å². The van der Waals surface area contributed by atoms with Crippen molar-refractivity contribution in [3.63, 3.8) is 0 Å². The first-order valence-electron chi connectivity index (χ1n) is 8.74. The van der Waals surface area contributed by atoms with Gasteiger partial charge in [-0.05, 0) is 42.5 Å². The third-order valence-electron chi connectivity index (χ3n) is 4.57. The Hall–Kier alpha value is -3.35. The van der Waals surface area contributed by atoms with Crippen LogP contribution in [0.25, 0.3) is 11.3 Å². The fourth-order valence-electron chi connectivity index (χ4n) is 3.10. The Kier molecular flexibility index (Phi) is 4.74. The van der Waals surface area contributed by atoms with Crippen LogP contribution in [0.5, 0.6) is 0 Å². The molecule has 0 aliphatic carbocycles. The number of carbonyl (C=O) groups is 1. The number of anilines is 1. The molecule has 1 aromatic carbocycles. The van der Waals surface area contributed by atoms with E-state index in [4.69, 9.17) is 0 Å². The summed E-state index contributed by atoms with van der Waals surface area (Å²) < 4.78 is 13.3. The molecule has 0 N–H and O–H groups in total. The summed E-state index contributed by atoms with van der Waals surface area (Å²) >= 11 is 0. The molecule has 2 aromatic heterocycles. The van der Waals surface area contributed by atoms with E-state index in [0.29, 0.717) is 31.7 Å². The van der Waals surface area contributed by atoms with E-state index in [1.165, 1.54) is 12.1 Å².